The van der Waals surface area contributed by atoms with Crippen LogP contribution in [0.3, 0.4) is 0 Å². The molecule has 0 aromatic heterocycles. The standard InChI is InChI=1S/C31H30FN2O.In/c1-3-8-26(23(2)25-9-5-4-6-10-25)21-34-18-7-17-31(28-12-14-29(32)15-13-28)30-16-11-24(20-33)19-27(30)22-35-31;/h2,4-6,9,11-16,19,26,34H,1,3,7-8,17-18,21-22H2;. The summed E-state index contributed by atoms with van der Waals surface area (Å²) in [4.78, 5) is 0. The van der Waals surface area contributed by atoms with E-state index in [2.05, 4.69) is 39.5 Å². The Labute approximate surface area is 220 Å². The van der Waals surface area contributed by atoms with Crippen molar-refractivity contribution in [2.75, 3.05) is 13.1 Å². The number of nitrogens with zero attached hydrogens (tertiary/aromatic N) is 1. The van der Waals surface area contributed by atoms with Gasteiger partial charge in [-0.15, -0.1) is 0 Å². The van der Waals surface area contributed by atoms with Crippen LogP contribution in [-0.2, 0) is 16.9 Å². The van der Waals surface area contributed by atoms with E-state index in [1.807, 2.05) is 30.3 Å². The van der Waals surface area contributed by atoms with E-state index >= 15 is 0 Å². The Hall–Kier alpha value is -2.39. The number of halogens is 1. The molecule has 5 heteroatoms. The van der Waals surface area contributed by atoms with Crippen LogP contribution in [-0.4, -0.2) is 34.5 Å². The second kappa shape index (κ2) is 10.2. The Kier molecular flexibility index (Phi) is 6.77. The molecule has 0 aliphatic carbocycles. The van der Waals surface area contributed by atoms with Gasteiger partial charge in [0.15, 0.2) is 0 Å². The molecule has 3 aromatic carbocycles. The zero-order valence-electron chi connectivity index (χ0n) is 20.5. The zero-order valence-corrected chi connectivity index (χ0v) is 23.8. The van der Waals surface area contributed by atoms with E-state index in [-0.39, 0.29) is 5.82 Å². The Balaban J connectivity index is 1.14. The summed E-state index contributed by atoms with van der Waals surface area (Å²) < 4.78 is 26.1. The summed E-state index contributed by atoms with van der Waals surface area (Å²) in [7, 11) is 0. The van der Waals surface area contributed by atoms with Gasteiger partial charge in [0.05, 0.1) is 11.6 Å². The number of fused-ring (bicyclic) bond motifs is 5. The Bertz CT molecular complexity index is 1350. The number of nitrogens with one attached hydrogen (secondary N) is 1. The monoisotopic (exact) mass is 580 g/mol. The van der Waals surface area contributed by atoms with Crippen LogP contribution < -0.4 is 8.64 Å². The first kappa shape index (κ1) is 24.0. The number of ether oxygens (including phenoxy) is 1. The zero-order chi connectivity index (χ0) is 24.5. The first-order valence-electron chi connectivity index (χ1n) is 13.1. The van der Waals surface area contributed by atoms with E-state index in [1.54, 1.807) is 14.5 Å². The van der Waals surface area contributed by atoms with Crippen LogP contribution in [0.2, 0.25) is 4.18 Å². The molecule has 3 aromatic rings. The van der Waals surface area contributed by atoms with Crippen LogP contribution >= 0.6 is 0 Å². The van der Waals surface area contributed by atoms with Gasteiger partial charge in [0, 0.05) is 0 Å². The van der Waals surface area contributed by atoms with Gasteiger partial charge in [-0.05, 0) is 0 Å². The summed E-state index contributed by atoms with van der Waals surface area (Å²) >= 11 is -1.69. The Morgan fingerprint density at radius 3 is 2.83 bits per heavy atom. The second-order valence-corrected chi connectivity index (χ2v) is 18.2. The van der Waals surface area contributed by atoms with E-state index in [9.17, 15) is 9.65 Å². The molecule has 2 bridgehead atoms. The minimum atomic E-state index is -1.69. The molecule has 3 heterocycles. The van der Waals surface area contributed by atoms with Crippen molar-refractivity contribution in [2.24, 2.45) is 5.92 Å². The molecule has 180 valence electrons. The van der Waals surface area contributed by atoms with E-state index < -0.39 is 27.0 Å². The van der Waals surface area contributed by atoms with Gasteiger partial charge in [0.25, 0.3) is 0 Å². The summed E-state index contributed by atoms with van der Waals surface area (Å²) in [6.45, 7) is 2.40. The van der Waals surface area contributed by atoms with Gasteiger partial charge in [-0.1, -0.05) is 0 Å². The molecule has 0 spiro atoms. The molecule has 36 heavy (non-hydrogen) atoms. The first-order valence-corrected chi connectivity index (χ1v) is 19.0. The van der Waals surface area contributed by atoms with Gasteiger partial charge in [-0.3, -0.25) is 0 Å². The van der Waals surface area contributed by atoms with E-state index in [1.165, 1.54) is 29.2 Å². The maximum atomic E-state index is 13.7. The van der Waals surface area contributed by atoms with E-state index in [0.717, 1.165) is 42.6 Å². The fourth-order valence-electron chi connectivity index (χ4n) is 6.53. The van der Waals surface area contributed by atoms with Crippen LogP contribution in [0, 0.1) is 23.1 Å². The van der Waals surface area contributed by atoms with Crippen molar-refractivity contribution in [2.45, 2.75) is 42.1 Å². The van der Waals surface area contributed by atoms with Crippen molar-refractivity contribution in [3.05, 3.63) is 104 Å². The molecular weight excluding hydrogens is 550 g/mol. The number of hydrogen-bond acceptors (Lipinski definition) is 3. The van der Waals surface area contributed by atoms with Crippen LogP contribution in [0.25, 0.3) is 5.57 Å². The van der Waals surface area contributed by atoms with Crippen LogP contribution in [0.4, 0.5) is 4.39 Å². The molecule has 0 saturated heterocycles. The minimum absolute atomic E-state index is 0.244. The van der Waals surface area contributed by atoms with Gasteiger partial charge >= 0.3 is 194 Å². The van der Waals surface area contributed by atoms with Crippen molar-refractivity contribution >= 4 is 30.3 Å². The predicted molar refractivity (Wildman–Crippen MR) is 143 cm³/mol. The number of benzene rings is 3. The average Bonchev–Trinajstić information content (AvgIpc) is 3.38. The van der Waals surface area contributed by atoms with Crippen LogP contribution in [0.1, 0.15) is 53.5 Å². The third-order valence-corrected chi connectivity index (χ3v) is 17.1. The second-order valence-electron chi connectivity index (χ2n) is 10.4. The maximum absolute atomic E-state index is 13.7. The van der Waals surface area contributed by atoms with Crippen molar-refractivity contribution in [1.82, 2.24) is 5.32 Å². The van der Waals surface area contributed by atoms with Gasteiger partial charge in [-0.25, -0.2) is 4.39 Å². The normalized spacial score (nSPS) is 21.9. The summed E-state index contributed by atoms with van der Waals surface area (Å²) in [6, 6.07) is 23.9. The molecule has 2 atom stereocenters. The SMILES string of the molecule is N#Cc1ccc2c(c1)COC2(CCCNCC1CC[CH2][In]2[CH]=C1c1cccc[c]12)c1ccc(F)cc1. The predicted octanol–water partition coefficient (Wildman–Crippen LogP) is 5.59. The van der Waals surface area contributed by atoms with Gasteiger partial charge < -0.3 is 0 Å². The van der Waals surface area contributed by atoms with Crippen molar-refractivity contribution in [1.29, 1.82) is 5.26 Å². The van der Waals surface area contributed by atoms with Gasteiger partial charge in [0.2, 0.25) is 0 Å². The van der Waals surface area contributed by atoms with Gasteiger partial charge in [0.1, 0.15) is 5.82 Å². The Morgan fingerprint density at radius 1 is 1.11 bits per heavy atom. The van der Waals surface area contributed by atoms with Crippen LogP contribution in [0.15, 0.2) is 70.6 Å². The topological polar surface area (TPSA) is 45.0 Å². The number of hydrogen-bond donors (Lipinski definition) is 1. The van der Waals surface area contributed by atoms with Crippen LogP contribution in [0.5, 0.6) is 0 Å². The number of nitriles is 1. The van der Waals surface area contributed by atoms with Crippen molar-refractivity contribution in [3.8, 4) is 6.07 Å². The molecule has 2 unspecified atom stereocenters. The van der Waals surface area contributed by atoms with Crippen molar-refractivity contribution < 1.29 is 9.13 Å². The first-order chi connectivity index (χ1) is 17.7. The number of rotatable bonds is 7. The fraction of sp³-hybridized carbons (Fsp3) is 0.323. The molecular formula is C31H30FInN2O. The fourth-order valence-corrected chi connectivity index (χ4v) is 15.8. The molecule has 3 aliphatic heterocycles. The summed E-state index contributed by atoms with van der Waals surface area (Å²) in [5.74, 6) is 0.362. The molecule has 6 rings (SSSR count). The molecule has 0 radical (unpaired) electrons. The molecule has 3 nitrogen and oxygen atoms in total. The summed E-state index contributed by atoms with van der Waals surface area (Å²) in [6.07, 6.45) is 4.41. The quantitative estimate of drug-likeness (QED) is 0.371. The molecule has 0 saturated carbocycles. The third-order valence-electron chi connectivity index (χ3n) is 8.29. The van der Waals surface area contributed by atoms with E-state index in [0.29, 0.717) is 18.1 Å². The molecule has 1 N–H and O–H groups in total. The third kappa shape index (κ3) is 4.34. The van der Waals surface area contributed by atoms with Crippen molar-refractivity contribution in [3.63, 3.8) is 0 Å². The molecule has 3 aliphatic rings. The molecule has 0 amide bonds. The Morgan fingerprint density at radius 2 is 1.97 bits per heavy atom. The summed E-state index contributed by atoms with van der Waals surface area (Å²) in [5, 5.41) is 13.1. The summed E-state index contributed by atoms with van der Waals surface area (Å²) in [5.41, 5.74) is 6.35. The molecule has 0 fully saturated rings. The average molecular weight is 580 g/mol. The van der Waals surface area contributed by atoms with E-state index in [4.69, 9.17) is 4.74 Å². The van der Waals surface area contributed by atoms with Gasteiger partial charge in [-0.2, -0.15) is 5.26 Å².